The van der Waals surface area contributed by atoms with E-state index in [1.165, 1.54) is 7.11 Å². The maximum absolute atomic E-state index is 11.6. The number of hydrogen-bond donors (Lipinski definition) is 1. The molecule has 0 bridgehead atoms. The van der Waals surface area contributed by atoms with E-state index in [0.717, 1.165) is 49.7 Å². The summed E-state index contributed by atoms with van der Waals surface area (Å²) in [5, 5.41) is 11.6. The second-order valence-electron chi connectivity index (χ2n) is 16.5. The van der Waals surface area contributed by atoms with E-state index in [4.69, 9.17) is 23.4 Å². The predicted octanol–water partition coefficient (Wildman–Crippen LogP) is 8.84. The van der Waals surface area contributed by atoms with Gasteiger partial charge in [0, 0.05) is 25.2 Å². The van der Waals surface area contributed by atoms with Gasteiger partial charge in [0.15, 0.2) is 14.1 Å². The molecule has 0 amide bonds. The number of ether oxygens (including phenoxy) is 4. The number of carbonyl (C=O) groups is 1. The van der Waals surface area contributed by atoms with E-state index in [1.807, 2.05) is 25.1 Å². The lowest BCUT2D eigenvalue weighted by atomic mass is 9.80. The Kier molecular flexibility index (Phi) is 14.8. The zero-order valence-electron chi connectivity index (χ0n) is 31.3. The molecule has 0 unspecified atom stereocenters. The van der Waals surface area contributed by atoms with Gasteiger partial charge in [-0.3, -0.25) is 4.79 Å². The maximum atomic E-state index is 11.6. The van der Waals surface area contributed by atoms with Crippen molar-refractivity contribution in [2.45, 2.75) is 155 Å². The van der Waals surface area contributed by atoms with Crippen LogP contribution >= 0.6 is 0 Å². The third-order valence-corrected chi connectivity index (χ3v) is 15.1. The highest BCUT2D eigenvalue weighted by atomic mass is 28.4. The van der Waals surface area contributed by atoms with Crippen molar-refractivity contribution in [1.29, 1.82) is 0 Å². The van der Waals surface area contributed by atoms with E-state index >= 15 is 0 Å². The Hall–Kier alpha value is -1.55. The van der Waals surface area contributed by atoms with E-state index in [9.17, 15) is 9.90 Å². The average molecular weight is 675 g/mol. The van der Waals surface area contributed by atoms with Crippen molar-refractivity contribution in [2.24, 2.45) is 23.7 Å². The summed E-state index contributed by atoms with van der Waals surface area (Å²) in [6, 6.07) is 10.3. The molecule has 0 aliphatic carbocycles. The van der Waals surface area contributed by atoms with Gasteiger partial charge in [-0.05, 0) is 79.6 Å². The van der Waals surface area contributed by atoms with E-state index in [0.29, 0.717) is 31.5 Å². The number of benzene rings is 1. The number of aliphatic hydroxyl groups is 1. The van der Waals surface area contributed by atoms with Crippen molar-refractivity contribution in [3.8, 4) is 0 Å². The van der Waals surface area contributed by atoms with Crippen LogP contribution in [0.1, 0.15) is 106 Å². The first-order valence-electron chi connectivity index (χ1n) is 18.0. The fourth-order valence-corrected chi connectivity index (χ4v) is 8.37. The molecule has 0 saturated carbocycles. The third-order valence-electron chi connectivity index (χ3n) is 10.7. The molecule has 1 spiro atoms. The summed E-state index contributed by atoms with van der Waals surface area (Å²) in [7, 11) is -0.716. The van der Waals surface area contributed by atoms with Gasteiger partial charge in [0.1, 0.15) is 6.10 Å². The summed E-state index contributed by atoms with van der Waals surface area (Å²) < 4.78 is 32.3. The van der Waals surface area contributed by atoms with Crippen molar-refractivity contribution in [2.75, 3.05) is 13.7 Å². The molecule has 2 aliphatic heterocycles. The van der Waals surface area contributed by atoms with Crippen molar-refractivity contribution >= 4 is 14.3 Å². The lowest BCUT2D eigenvalue weighted by molar-refractivity contribution is -0.346. The van der Waals surface area contributed by atoms with Crippen molar-refractivity contribution in [1.82, 2.24) is 0 Å². The number of rotatable bonds is 15. The first-order valence-corrected chi connectivity index (χ1v) is 20.9. The maximum Gasteiger partial charge on any atom is 0.305 e. The highest BCUT2D eigenvalue weighted by Crippen LogP contribution is 2.47. The number of carbonyl (C=O) groups excluding carboxylic acids is 1. The molecule has 2 fully saturated rings. The quantitative estimate of drug-likeness (QED) is 0.113. The summed E-state index contributed by atoms with van der Waals surface area (Å²) >= 11 is 0. The Balaban J connectivity index is 1.77. The third kappa shape index (κ3) is 11.8. The molecule has 8 heteroatoms. The second kappa shape index (κ2) is 17.4. The van der Waals surface area contributed by atoms with Crippen LogP contribution in [0.25, 0.3) is 0 Å². The van der Waals surface area contributed by atoms with Gasteiger partial charge in [0.2, 0.25) is 0 Å². The minimum atomic E-state index is -2.14. The van der Waals surface area contributed by atoms with Gasteiger partial charge in [0.25, 0.3) is 0 Å². The van der Waals surface area contributed by atoms with Gasteiger partial charge in [-0.25, -0.2) is 0 Å². The Bertz CT molecular complexity index is 1130. The number of aliphatic hydroxyl groups excluding tert-OH is 1. The molecule has 0 radical (unpaired) electrons. The molecule has 1 aromatic rings. The lowest BCUT2D eigenvalue weighted by Crippen LogP contribution is -2.58. The fraction of sp³-hybridized carbons (Fsp3) is 0.769. The first-order chi connectivity index (χ1) is 21.9. The van der Waals surface area contributed by atoms with Crippen LogP contribution in [0.2, 0.25) is 18.1 Å². The Morgan fingerprint density at radius 3 is 2.26 bits per heavy atom. The molecule has 1 N–H and O–H groups in total. The summed E-state index contributed by atoms with van der Waals surface area (Å²) in [4.78, 5) is 11.6. The van der Waals surface area contributed by atoms with Gasteiger partial charge in [-0.1, -0.05) is 84.9 Å². The number of methoxy groups -OCH3 is 1. The van der Waals surface area contributed by atoms with E-state index in [2.05, 4.69) is 79.8 Å². The number of allylic oxidation sites excluding steroid dienone is 1. The van der Waals surface area contributed by atoms with Crippen LogP contribution in [0.5, 0.6) is 0 Å². The predicted molar refractivity (Wildman–Crippen MR) is 191 cm³/mol. The van der Waals surface area contributed by atoms with Gasteiger partial charge in [0.05, 0.1) is 38.6 Å². The molecule has 2 aliphatic rings. The van der Waals surface area contributed by atoms with E-state index < -0.39 is 20.2 Å². The molecule has 2 heterocycles. The topological polar surface area (TPSA) is 83.5 Å². The van der Waals surface area contributed by atoms with Crippen LogP contribution in [-0.2, 0) is 34.8 Å². The number of hydrogen-bond acceptors (Lipinski definition) is 7. The molecule has 268 valence electrons. The van der Waals surface area contributed by atoms with Crippen molar-refractivity contribution in [3.63, 3.8) is 0 Å². The van der Waals surface area contributed by atoms with Gasteiger partial charge >= 0.3 is 5.97 Å². The van der Waals surface area contributed by atoms with Crippen LogP contribution in [0, 0.1) is 23.7 Å². The molecule has 7 nitrogen and oxygen atoms in total. The largest absolute Gasteiger partial charge is 0.469 e. The molecule has 1 aromatic carbocycles. The minimum Gasteiger partial charge on any atom is -0.469 e. The standard InChI is InChI=1S/C39H66O7Si/c1-27(22-35(40)42-9)16-15-17-30(4)36(41)33-20-28(2)23-39(44-33)24-29(3)21-34(45-39)37(46-47(10,11)38(6,7)8)31(5)25-43-26-32-18-13-12-14-19-32/h12-14,17-19,27-29,31,33-34,36-37,41H,15-16,20-26H2,1-11H3/b30-17+/t27-,28+,29-,31-,33-,34-,36-,37-,39-/m0/s1. The summed E-state index contributed by atoms with van der Waals surface area (Å²) in [6.45, 7) is 23.5. The summed E-state index contributed by atoms with van der Waals surface area (Å²) in [5.74, 6) is 0.120. The number of esters is 1. The van der Waals surface area contributed by atoms with Crippen LogP contribution in [0.15, 0.2) is 42.0 Å². The molecular weight excluding hydrogens is 609 g/mol. The zero-order chi connectivity index (χ0) is 35.0. The van der Waals surface area contributed by atoms with Crippen LogP contribution < -0.4 is 0 Å². The Labute approximate surface area is 287 Å². The van der Waals surface area contributed by atoms with Gasteiger partial charge < -0.3 is 28.5 Å². The van der Waals surface area contributed by atoms with E-state index in [1.54, 1.807) is 0 Å². The summed E-state index contributed by atoms with van der Waals surface area (Å²) in [6.07, 6.45) is 6.11. The van der Waals surface area contributed by atoms with Gasteiger partial charge in [-0.15, -0.1) is 0 Å². The van der Waals surface area contributed by atoms with Crippen molar-refractivity contribution in [3.05, 3.63) is 47.5 Å². The first kappa shape index (κ1) is 39.9. The molecule has 47 heavy (non-hydrogen) atoms. The Morgan fingerprint density at radius 1 is 1.06 bits per heavy atom. The minimum absolute atomic E-state index is 0.0554. The molecular formula is C39H66O7Si. The SMILES string of the molecule is COC(=O)C[C@@H](C)CC/C=C(\C)[C@H](O)[C@@H]1C[C@@H](C)C[C@]2(C[C@@H](C)C[C@@H]([C@@H](O[Si](C)(C)C(C)(C)C)[C@@H](C)COCc3ccccc3)O2)O1. The molecule has 3 rings (SSSR count). The average Bonchev–Trinajstić information content (AvgIpc) is 2.98. The second-order valence-corrected chi connectivity index (χ2v) is 21.2. The Morgan fingerprint density at radius 2 is 1.66 bits per heavy atom. The van der Waals surface area contributed by atoms with Crippen molar-refractivity contribution < 1.29 is 33.3 Å². The zero-order valence-corrected chi connectivity index (χ0v) is 32.3. The monoisotopic (exact) mass is 674 g/mol. The van der Waals surface area contributed by atoms with E-state index in [-0.39, 0.29) is 41.2 Å². The molecule has 0 aromatic heterocycles. The van der Waals surface area contributed by atoms with Gasteiger partial charge in [-0.2, -0.15) is 0 Å². The summed E-state index contributed by atoms with van der Waals surface area (Å²) in [5.41, 5.74) is 2.07. The normalized spacial score (nSPS) is 28.5. The smallest absolute Gasteiger partial charge is 0.305 e. The molecule has 2 saturated heterocycles. The van der Waals surface area contributed by atoms with Crippen LogP contribution in [-0.4, -0.2) is 63.3 Å². The lowest BCUT2D eigenvalue weighted by Gasteiger charge is -2.53. The van der Waals surface area contributed by atoms with Crippen LogP contribution in [0.4, 0.5) is 0 Å². The van der Waals surface area contributed by atoms with Crippen LogP contribution in [0.3, 0.4) is 0 Å². The highest BCUT2D eigenvalue weighted by molar-refractivity contribution is 6.74. The fourth-order valence-electron chi connectivity index (χ4n) is 6.95. The highest BCUT2D eigenvalue weighted by Gasteiger charge is 2.51. The molecule has 9 atom stereocenters.